The van der Waals surface area contributed by atoms with Crippen molar-refractivity contribution in [3.8, 4) is 0 Å². The first-order valence-corrected chi connectivity index (χ1v) is 7.02. The minimum atomic E-state index is 0.127. The lowest BCUT2D eigenvalue weighted by atomic mass is 9.78. The van der Waals surface area contributed by atoms with Crippen molar-refractivity contribution in [1.29, 1.82) is 0 Å². The van der Waals surface area contributed by atoms with E-state index in [9.17, 15) is 0 Å². The lowest BCUT2D eigenvalue weighted by Crippen LogP contribution is -2.13. The number of aryl methyl sites for hydroxylation is 1. The molecule has 0 amide bonds. The largest absolute Gasteiger partial charge is 0.0991 e. The fraction of sp³-hybridized carbons (Fsp3) is 0.474. The third-order valence-electron chi connectivity index (χ3n) is 3.48. The highest BCUT2D eigenvalue weighted by Crippen LogP contribution is 2.37. The lowest BCUT2D eigenvalue weighted by Gasteiger charge is -2.26. The molecule has 0 fully saturated rings. The van der Waals surface area contributed by atoms with Crippen molar-refractivity contribution in [2.75, 3.05) is 0 Å². The maximum atomic E-state index is 3.85. The van der Waals surface area contributed by atoms with Crippen LogP contribution in [0.15, 0.2) is 36.9 Å². The van der Waals surface area contributed by atoms with Gasteiger partial charge >= 0.3 is 0 Å². The minimum Gasteiger partial charge on any atom is -0.0991 e. The second kappa shape index (κ2) is 5.36. The van der Waals surface area contributed by atoms with E-state index in [1.807, 2.05) is 6.08 Å². The maximum Gasteiger partial charge on any atom is -0.0126 e. The summed E-state index contributed by atoms with van der Waals surface area (Å²) in [4.78, 5) is 0. The predicted octanol–water partition coefficient (Wildman–Crippen LogP) is 5.91. The van der Waals surface area contributed by atoms with E-state index < -0.39 is 0 Å². The van der Waals surface area contributed by atoms with Crippen molar-refractivity contribution in [2.24, 2.45) is 5.41 Å². The monoisotopic (exact) mass is 256 g/mol. The van der Waals surface area contributed by atoms with Crippen LogP contribution in [0, 0.1) is 12.3 Å². The topological polar surface area (TPSA) is 0 Å². The van der Waals surface area contributed by atoms with Crippen LogP contribution in [0.1, 0.15) is 58.2 Å². The maximum absolute atomic E-state index is 3.85. The van der Waals surface area contributed by atoms with Crippen molar-refractivity contribution in [3.63, 3.8) is 0 Å². The SMILES string of the molecule is C=C/C=C(\c1ccc(C(C)(C)C)cc1C)C(C)(C)C. The van der Waals surface area contributed by atoms with Crippen molar-refractivity contribution in [3.05, 3.63) is 53.6 Å². The highest BCUT2D eigenvalue weighted by molar-refractivity contribution is 5.73. The summed E-state index contributed by atoms with van der Waals surface area (Å²) >= 11 is 0. The van der Waals surface area contributed by atoms with Crippen LogP contribution in [-0.2, 0) is 5.41 Å². The van der Waals surface area contributed by atoms with Gasteiger partial charge in [-0.15, -0.1) is 0 Å². The van der Waals surface area contributed by atoms with Crippen LogP contribution in [-0.4, -0.2) is 0 Å². The molecule has 0 saturated heterocycles. The molecule has 0 N–H and O–H groups in total. The molecule has 0 heteroatoms. The van der Waals surface area contributed by atoms with Crippen molar-refractivity contribution >= 4 is 5.57 Å². The van der Waals surface area contributed by atoms with Crippen molar-refractivity contribution in [1.82, 2.24) is 0 Å². The molecule has 0 atom stereocenters. The van der Waals surface area contributed by atoms with E-state index in [1.165, 1.54) is 22.3 Å². The highest BCUT2D eigenvalue weighted by atomic mass is 14.3. The molecule has 0 spiro atoms. The molecule has 1 rings (SSSR count). The number of rotatable bonds is 2. The molecule has 0 heterocycles. The van der Waals surface area contributed by atoms with Gasteiger partial charge in [0.2, 0.25) is 0 Å². The van der Waals surface area contributed by atoms with Gasteiger partial charge in [0, 0.05) is 0 Å². The van der Waals surface area contributed by atoms with Gasteiger partial charge in [0.05, 0.1) is 0 Å². The van der Waals surface area contributed by atoms with Crippen LogP contribution in [0.4, 0.5) is 0 Å². The molecule has 0 unspecified atom stereocenters. The summed E-state index contributed by atoms with van der Waals surface area (Å²) in [6.07, 6.45) is 4.02. The van der Waals surface area contributed by atoms with Gasteiger partial charge in [-0.05, 0) is 40.0 Å². The van der Waals surface area contributed by atoms with Gasteiger partial charge in [-0.2, -0.15) is 0 Å². The first-order valence-electron chi connectivity index (χ1n) is 7.02. The van der Waals surface area contributed by atoms with Crippen LogP contribution in [0.3, 0.4) is 0 Å². The van der Waals surface area contributed by atoms with E-state index in [0.29, 0.717) is 0 Å². The van der Waals surface area contributed by atoms with Gasteiger partial charge in [-0.3, -0.25) is 0 Å². The lowest BCUT2D eigenvalue weighted by molar-refractivity contribution is 0.565. The highest BCUT2D eigenvalue weighted by Gasteiger charge is 2.21. The Balaban J connectivity index is 3.37. The summed E-state index contributed by atoms with van der Waals surface area (Å²) in [7, 11) is 0. The van der Waals surface area contributed by atoms with Crippen molar-refractivity contribution < 1.29 is 0 Å². The molecule has 0 aliphatic heterocycles. The predicted molar refractivity (Wildman–Crippen MR) is 87.5 cm³/mol. The Morgan fingerprint density at radius 1 is 1.05 bits per heavy atom. The molecular weight excluding hydrogens is 228 g/mol. The third kappa shape index (κ3) is 3.83. The molecule has 0 saturated carbocycles. The Labute approximate surface area is 119 Å². The third-order valence-corrected chi connectivity index (χ3v) is 3.48. The minimum absolute atomic E-state index is 0.127. The quantitative estimate of drug-likeness (QED) is 0.577. The Hall–Kier alpha value is -1.30. The van der Waals surface area contributed by atoms with Gasteiger partial charge in [-0.1, -0.05) is 78.5 Å². The zero-order valence-corrected chi connectivity index (χ0v) is 13.6. The number of allylic oxidation sites excluding steroid dienone is 3. The zero-order valence-electron chi connectivity index (χ0n) is 13.6. The van der Waals surface area contributed by atoms with Crippen LogP contribution >= 0.6 is 0 Å². The van der Waals surface area contributed by atoms with E-state index in [0.717, 1.165) is 0 Å². The van der Waals surface area contributed by atoms with Gasteiger partial charge in [0.15, 0.2) is 0 Å². The summed E-state index contributed by atoms with van der Waals surface area (Å²) in [6.45, 7) is 19.6. The standard InChI is InChI=1S/C19H28/c1-9-10-17(19(6,7)8)16-12-11-15(13-14(16)2)18(3,4)5/h9-13H,1H2,2-8H3/b17-10+. The summed E-state index contributed by atoms with van der Waals surface area (Å²) < 4.78 is 0. The molecule has 0 aliphatic rings. The molecule has 0 radical (unpaired) electrons. The number of benzene rings is 1. The van der Waals surface area contributed by atoms with E-state index in [-0.39, 0.29) is 10.8 Å². The fourth-order valence-corrected chi connectivity index (χ4v) is 2.29. The smallest absolute Gasteiger partial charge is 0.0126 e. The number of hydrogen-bond donors (Lipinski definition) is 0. The van der Waals surface area contributed by atoms with Crippen molar-refractivity contribution in [2.45, 2.75) is 53.9 Å². The molecule has 0 aromatic heterocycles. The number of hydrogen-bond acceptors (Lipinski definition) is 0. The summed E-state index contributed by atoms with van der Waals surface area (Å²) in [5.41, 5.74) is 5.74. The van der Waals surface area contributed by atoms with Crippen LogP contribution in [0.5, 0.6) is 0 Å². The molecule has 1 aromatic rings. The second-order valence-electron chi connectivity index (χ2n) is 7.35. The molecular formula is C19H28. The molecule has 0 nitrogen and oxygen atoms in total. The van der Waals surface area contributed by atoms with E-state index >= 15 is 0 Å². The van der Waals surface area contributed by atoms with Gasteiger partial charge in [0.25, 0.3) is 0 Å². The van der Waals surface area contributed by atoms with Gasteiger partial charge < -0.3 is 0 Å². The van der Waals surface area contributed by atoms with E-state index in [4.69, 9.17) is 0 Å². The molecule has 0 bridgehead atoms. The Morgan fingerprint density at radius 3 is 2.00 bits per heavy atom. The molecule has 0 aliphatic carbocycles. The van der Waals surface area contributed by atoms with Gasteiger partial charge in [-0.25, -0.2) is 0 Å². The van der Waals surface area contributed by atoms with Crippen LogP contribution < -0.4 is 0 Å². The zero-order chi connectivity index (χ0) is 14.8. The normalized spacial score (nSPS) is 13.5. The summed E-state index contributed by atoms with van der Waals surface area (Å²) in [5, 5.41) is 0. The molecule has 1 aromatic carbocycles. The summed E-state index contributed by atoms with van der Waals surface area (Å²) in [6, 6.07) is 6.83. The fourth-order valence-electron chi connectivity index (χ4n) is 2.29. The Kier molecular flexibility index (Phi) is 4.45. The first kappa shape index (κ1) is 15.8. The van der Waals surface area contributed by atoms with Gasteiger partial charge in [0.1, 0.15) is 0 Å². The molecule has 104 valence electrons. The van der Waals surface area contributed by atoms with E-state index in [1.54, 1.807) is 0 Å². The first-order chi connectivity index (χ1) is 8.57. The average molecular weight is 256 g/mol. The Morgan fingerprint density at radius 2 is 1.63 bits per heavy atom. The van der Waals surface area contributed by atoms with E-state index in [2.05, 4.69) is 79.3 Å². The second-order valence-corrected chi connectivity index (χ2v) is 7.35. The van der Waals surface area contributed by atoms with Crippen LogP contribution in [0.25, 0.3) is 5.57 Å². The average Bonchev–Trinajstić information content (AvgIpc) is 2.23. The Bertz CT molecular complexity index is 488. The molecule has 19 heavy (non-hydrogen) atoms. The van der Waals surface area contributed by atoms with Crippen LogP contribution in [0.2, 0.25) is 0 Å². The summed E-state index contributed by atoms with van der Waals surface area (Å²) in [5.74, 6) is 0.